The molecule has 1 nitrogen and oxygen atoms in total. The molecule has 0 aromatic rings. The normalized spacial score (nSPS) is 46.0. The fraction of sp³-hybridized carbons (Fsp3) is 0.909. The first-order chi connectivity index (χ1) is 6.75. The Bertz CT molecular complexity index is 271. The molecule has 3 saturated carbocycles. The first kappa shape index (κ1) is 13.2. The minimum atomic E-state index is 0. The van der Waals surface area contributed by atoms with Gasteiger partial charge >= 0.3 is 51.4 Å². The number of ether oxygens (including phenoxy) is 1. The summed E-state index contributed by atoms with van der Waals surface area (Å²) < 4.78 is 5.93. The van der Waals surface area contributed by atoms with Crippen LogP contribution in [0.25, 0.3) is 0 Å². The Labute approximate surface area is 145 Å². The van der Waals surface area contributed by atoms with E-state index in [4.69, 9.17) is 29.6 Å². The van der Waals surface area contributed by atoms with E-state index >= 15 is 0 Å². The Balaban J connectivity index is 0.000000853. The summed E-state index contributed by atoms with van der Waals surface area (Å²) in [6.45, 7) is 0. The molecule has 0 spiro atoms. The van der Waals surface area contributed by atoms with E-state index in [-0.39, 0.29) is 51.4 Å². The molecule has 15 heavy (non-hydrogen) atoms. The van der Waals surface area contributed by atoms with Crippen molar-refractivity contribution in [3.05, 3.63) is 0 Å². The monoisotopic (exact) mass is 266 g/mol. The Morgan fingerprint density at radius 3 is 2.60 bits per heavy atom. The Morgan fingerprint density at radius 1 is 1.13 bits per heavy atom. The smallest absolute Gasteiger partial charge is 0.510 e. The number of hydrogen-bond acceptors (Lipinski definition) is 3. The standard InChI is InChI=1S/C11H16OS2.K/c13-11(14)12-10-5-6-4-9(10)8-3-1-2-7(6)8;/h6-10H,1-5H2,(H,13,14);/q;+1/p-1/t6-,7-,8-,9+,10+;/m0./s1. The van der Waals surface area contributed by atoms with E-state index in [2.05, 4.69) is 0 Å². The summed E-state index contributed by atoms with van der Waals surface area (Å²) in [5.74, 6) is 3.69. The zero-order valence-electron chi connectivity index (χ0n) is 9.15. The summed E-state index contributed by atoms with van der Waals surface area (Å²) in [5.41, 5.74) is 0. The van der Waals surface area contributed by atoms with E-state index in [1.165, 1.54) is 32.1 Å². The average molecular weight is 266 g/mol. The third-order valence-electron chi connectivity index (χ3n) is 4.62. The predicted octanol–water partition coefficient (Wildman–Crippen LogP) is -0.336. The number of fused-ring (bicyclic) bond motifs is 5. The van der Waals surface area contributed by atoms with Crippen molar-refractivity contribution in [3.63, 3.8) is 0 Å². The minimum Gasteiger partial charge on any atom is -0.510 e. The summed E-state index contributed by atoms with van der Waals surface area (Å²) in [6.07, 6.45) is 7.32. The molecule has 0 aromatic heterocycles. The van der Waals surface area contributed by atoms with Crippen molar-refractivity contribution >= 4 is 29.2 Å². The molecule has 3 aliphatic carbocycles. The summed E-state index contributed by atoms with van der Waals surface area (Å²) in [7, 11) is 0. The zero-order valence-corrected chi connectivity index (χ0v) is 13.9. The molecule has 3 aliphatic rings. The SMILES string of the molecule is S=C([S-])O[C@@H]1C[C@@H]2C[C@@H]1[C@H]1CCC[C@@H]21.[K+]. The van der Waals surface area contributed by atoms with Crippen molar-refractivity contribution in [2.75, 3.05) is 0 Å². The van der Waals surface area contributed by atoms with Crippen LogP contribution in [-0.4, -0.2) is 10.5 Å². The van der Waals surface area contributed by atoms with Gasteiger partial charge in [0.1, 0.15) is 0 Å². The van der Waals surface area contributed by atoms with Gasteiger partial charge in [-0.3, -0.25) is 0 Å². The van der Waals surface area contributed by atoms with E-state index in [1.807, 2.05) is 0 Å². The quantitative estimate of drug-likeness (QED) is 0.365. The average Bonchev–Trinajstić information content (AvgIpc) is 2.68. The number of thiocarbonyl (C=S) groups is 1. The maximum atomic E-state index is 5.60. The molecule has 0 N–H and O–H groups in total. The Hall–Kier alpha value is 1.75. The van der Waals surface area contributed by atoms with Gasteiger partial charge < -0.3 is 29.6 Å². The van der Waals surface area contributed by atoms with Gasteiger partial charge in [0.15, 0.2) is 0 Å². The maximum absolute atomic E-state index is 5.60. The zero-order chi connectivity index (χ0) is 9.71. The number of hydrogen-bond donors (Lipinski definition) is 0. The van der Waals surface area contributed by atoms with Crippen LogP contribution in [0.4, 0.5) is 0 Å². The molecule has 3 fully saturated rings. The molecule has 0 amide bonds. The summed E-state index contributed by atoms with van der Waals surface area (Å²) in [4.78, 5) is 0. The van der Waals surface area contributed by atoms with Crippen LogP contribution >= 0.6 is 12.2 Å². The van der Waals surface area contributed by atoms with Crippen LogP contribution in [0.1, 0.15) is 32.1 Å². The van der Waals surface area contributed by atoms with Crippen molar-refractivity contribution in [3.8, 4) is 0 Å². The van der Waals surface area contributed by atoms with E-state index in [1.54, 1.807) is 0 Å². The molecule has 0 radical (unpaired) electrons. The van der Waals surface area contributed by atoms with Crippen LogP contribution in [0.2, 0.25) is 0 Å². The Morgan fingerprint density at radius 2 is 1.87 bits per heavy atom. The van der Waals surface area contributed by atoms with Gasteiger partial charge in [0.05, 0.1) is 6.10 Å². The van der Waals surface area contributed by atoms with Gasteiger partial charge in [-0.2, -0.15) is 0 Å². The molecule has 0 aliphatic heterocycles. The maximum Gasteiger partial charge on any atom is 1.00 e. The van der Waals surface area contributed by atoms with Crippen molar-refractivity contribution < 1.29 is 56.1 Å². The summed E-state index contributed by atoms with van der Waals surface area (Å²) in [6, 6.07) is 0. The molecule has 3 rings (SSSR count). The molecular weight excluding hydrogens is 251 g/mol. The van der Waals surface area contributed by atoms with Gasteiger partial charge in [0, 0.05) is 4.38 Å². The van der Waals surface area contributed by atoms with Crippen LogP contribution in [0, 0.1) is 23.7 Å². The topological polar surface area (TPSA) is 9.23 Å². The second-order valence-corrected chi connectivity index (χ2v) is 6.06. The second-order valence-electron chi connectivity index (χ2n) is 5.06. The van der Waals surface area contributed by atoms with E-state index in [0.717, 1.165) is 23.7 Å². The third kappa shape index (κ3) is 2.33. The van der Waals surface area contributed by atoms with Gasteiger partial charge in [-0.15, -0.1) is 0 Å². The van der Waals surface area contributed by atoms with Crippen molar-refractivity contribution in [2.24, 2.45) is 23.7 Å². The van der Waals surface area contributed by atoms with Gasteiger partial charge in [-0.1, -0.05) is 6.42 Å². The second kappa shape index (κ2) is 5.17. The van der Waals surface area contributed by atoms with Crippen LogP contribution in [0.15, 0.2) is 0 Å². The van der Waals surface area contributed by atoms with Crippen molar-refractivity contribution in [1.29, 1.82) is 0 Å². The van der Waals surface area contributed by atoms with Gasteiger partial charge in [0.25, 0.3) is 0 Å². The van der Waals surface area contributed by atoms with Crippen LogP contribution in [0.5, 0.6) is 0 Å². The van der Waals surface area contributed by atoms with E-state index in [9.17, 15) is 0 Å². The van der Waals surface area contributed by atoms with Gasteiger partial charge in [-0.05, 0) is 49.4 Å². The van der Waals surface area contributed by atoms with Crippen LogP contribution in [-0.2, 0) is 17.4 Å². The fourth-order valence-electron chi connectivity index (χ4n) is 4.26. The number of rotatable bonds is 1. The summed E-state index contributed by atoms with van der Waals surface area (Å²) >= 11 is 9.72. The molecule has 0 unspecified atom stereocenters. The van der Waals surface area contributed by atoms with Crippen LogP contribution < -0.4 is 51.4 Å². The third-order valence-corrected chi connectivity index (χ3v) is 4.81. The minimum absolute atomic E-state index is 0. The molecule has 4 heteroatoms. The molecular formula is C11H15KOS2. The molecule has 0 heterocycles. The Kier molecular flexibility index (Phi) is 4.54. The van der Waals surface area contributed by atoms with Crippen molar-refractivity contribution in [2.45, 2.75) is 38.2 Å². The van der Waals surface area contributed by atoms with E-state index in [0.29, 0.717) is 10.5 Å². The molecule has 2 bridgehead atoms. The van der Waals surface area contributed by atoms with Crippen LogP contribution in [0.3, 0.4) is 0 Å². The largest absolute Gasteiger partial charge is 1.00 e. The first-order valence-electron chi connectivity index (χ1n) is 5.63. The predicted molar refractivity (Wildman–Crippen MR) is 61.9 cm³/mol. The van der Waals surface area contributed by atoms with Crippen molar-refractivity contribution in [1.82, 2.24) is 0 Å². The fourth-order valence-corrected chi connectivity index (χ4v) is 4.51. The van der Waals surface area contributed by atoms with E-state index < -0.39 is 0 Å². The molecule has 78 valence electrons. The molecule has 5 atom stereocenters. The van der Waals surface area contributed by atoms with Gasteiger partial charge in [-0.25, -0.2) is 0 Å². The molecule has 0 aromatic carbocycles. The van der Waals surface area contributed by atoms with Gasteiger partial charge in [0.2, 0.25) is 0 Å². The first-order valence-corrected chi connectivity index (χ1v) is 6.45. The summed E-state index contributed by atoms with van der Waals surface area (Å²) in [5, 5.41) is 0. The molecule has 0 saturated heterocycles.